The Balaban J connectivity index is 1.04. The van der Waals surface area contributed by atoms with Gasteiger partial charge in [0, 0.05) is 64.9 Å². The minimum Gasteiger partial charge on any atom is -0.460 e. The maximum absolute atomic E-state index is 6.70. The standard InChI is InChI=1S/C50H31NO2S/c1-2-9-33-27-34(14-13-30(33)7-1)31-15-18-35(19-16-31)51(37-20-23-40-39-11-5-6-12-43(39)52-45(40)29-37)36-21-25-46-42(28-36)49-47(54-46)26-24-44-48(49)41-22-17-32-8-3-4-10-38(32)50(41)53-44/h1-21,23-29,41H,22H2. The first-order valence-corrected chi connectivity index (χ1v) is 19.3. The number of hydrogen-bond donors (Lipinski definition) is 0. The van der Waals surface area contributed by atoms with Crippen LogP contribution in [0.2, 0.25) is 0 Å². The van der Waals surface area contributed by atoms with Gasteiger partial charge in [0.25, 0.3) is 0 Å². The van der Waals surface area contributed by atoms with Crippen molar-refractivity contribution in [1.82, 2.24) is 0 Å². The number of para-hydroxylation sites is 1. The number of hydrogen-bond acceptors (Lipinski definition) is 4. The minimum atomic E-state index is 0.203. The van der Waals surface area contributed by atoms with Crippen molar-refractivity contribution in [2.24, 2.45) is 0 Å². The highest BCUT2D eigenvalue weighted by Gasteiger charge is 2.34. The summed E-state index contributed by atoms with van der Waals surface area (Å²) < 4.78 is 15.7. The van der Waals surface area contributed by atoms with Crippen LogP contribution >= 0.6 is 11.3 Å². The molecule has 1 aliphatic carbocycles. The monoisotopic (exact) mass is 709 g/mol. The Kier molecular flexibility index (Phi) is 6.33. The molecule has 0 amide bonds. The summed E-state index contributed by atoms with van der Waals surface area (Å²) in [4.78, 5) is 2.36. The molecule has 10 aromatic rings. The lowest BCUT2D eigenvalue weighted by atomic mass is 9.88. The van der Waals surface area contributed by atoms with E-state index in [1.165, 1.54) is 58.1 Å². The van der Waals surface area contributed by atoms with Crippen molar-refractivity contribution < 1.29 is 9.15 Å². The smallest absolute Gasteiger partial charge is 0.137 e. The molecule has 1 aliphatic heterocycles. The number of nitrogens with zero attached hydrogens (tertiary/aromatic N) is 1. The molecule has 0 spiro atoms. The lowest BCUT2D eigenvalue weighted by molar-refractivity contribution is 0.509. The number of rotatable bonds is 4. The topological polar surface area (TPSA) is 25.6 Å². The Morgan fingerprint density at radius 2 is 1.28 bits per heavy atom. The van der Waals surface area contributed by atoms with Crippen LogP contribution < -0.4 is 20.1 Å². The molecule has 0 bridgehead atoms. The van der Waals surface area contributed by atoms with Crippen LogP contribution in [0.5, 0.6) is 5.75 Å². The van der Waals surface area contributed by atoms with E-state index in [0.717, 1.165) is 56.9 Å². The van der Waals surface area contributed by atoms with Crippen LogP contribution in [0, 0.1) is 0 Å². The summed E-state index contributed by atoms with van der Waals surface area (Å²) in [5, 5.41) is 9.77. The molecule has 2 aliphatic rings. The van der Waals surface area contributed by atoms with Gasteiger partial charge in [-0.05, 0) is 100 Å². The van der Waals surface area contributed by atoms with Gasteiger partial charge in [0.15, 0.2) is 0 Å². The molecular weight excluding hydrogens is 679 g/mol. The predicted molar refractivity (Wildman–Crippen MR) is 226 cm³/mol. The number of fused-ring (bicyclic) bond motifs is 12. The van der Waals surface area contributed by atoms with Crippen molar-refractivity contribution in [3.05, 3.63) is 180 Å². The van der Waals surface area contributed by atoms with Crippen LogP contribution in [0.25, 0.3) is 75.8 Å². The zero-order valence-corrected chi connectivity index (χ0v) is 29.9. The summed E-state index contributed by atoms with van der Waals surface area (Å²) in [7, 11) is 0. The summed E-state index contributed by atoms with van der Waals surface area (Å²) in [6.45, 7) is 0. The van der Waals surface area contributed by atoms with Crippen LogP contribution in [0.15, 0.2) is 168 Å². The average Bonchev–Trinajstić information content (AvgIpc) is 3.92. The van der Waals surface area contributed by atoms with Crippen LogP contribution in [-0.2, 0) is 0 Å². The van der Waals surface area contributed by atoms with Gasteiger partial charge in [-0.2, -0.15) is 0 Å². The van der Waals surface area contributed by atoms with Crippen LogP contribution in [-0.4, -0.2) is 0 Å². The zero-order valence-electron chi connectivity index (χ0n) is 29.1. The van der Waals surface area contributed by atoms with Gasteiger partial charge in [-0.25, -0.2) is 0 Å². The highest BCUT2D eigenvalue weighted by atomic mass is 32.1. The van der Waals surface area contributed by atoms with E-state index < -0.39 is 0 Å². The van der Waals surface area contributed by atoms with Crippen molar-refractivity contribution in [3.63, 3.8) is 0 Å². The van der Waals surface area contributed by atoms with E-state index in [-0.39, 0.29) is 5.92 Å². The summed E-state index contributed by atoms with van der Waals surface area (Å²) in [6.07, 6.45) is 3.31. The molecule has 2 aromatic heterocycles. The summed E-state index contributed by atoms with van der Waals surface area (Å²) in [5.41, 5.74) is 8.70. The molecular formula is C50H31NO2S. The van der Waals surface area contributed by atoms with Crippen molar-refractivity contribution in [2.45, 2.75) is 12.3 Å². The quantitative estimate of drug-likeness (QED) is 0.182. The SMILES string of the molecule is C1=c2ccccc2=C2Oc3ccc4sc5ccc(N(c6ccc(-c7ccc8ccccc8c7)cc6)c6ccc7c(c6)oc6ccccc67)cc5c4c3C2C1. The number of thiophene rings is 1. The summed E-state index contributed by atoms with van der Waals surface area (Å²) in [6, 6.07) is 59.0. The van der Waals surface area contributed by atoms with Crippen molar-refractivity contribution >= 4 is 93.1 Å². The molecule has 3 heterocycles. The lowest BCUT2D eigenvalue weighted by Gasteiger charge is -2.26. The maximum Gasteiger partial charge on any atom is 0.137 e. The van der Waals surface area contributed by atoms with Crippen LogP contribution in [0.3, 0.4) is 0 Å². The highest BCUT2D eigenvalue weighted by molar-refractivity contribution is 7.25. The Morgan fingerprint density at radius 1 is 0.537 bits per heavy atom. The number of furan rings is 1. The second-order valence-electron chi connectivity index (χ2n) is 14.4. The van der Waals surface area contributed by atoms with E-state index in [9.17, 15) is 0 Å². The second kappa shape index (κ2) is 11.4. The first-order valence-electron chi connectivity index (χ1n) is 18.5. The number of benzene rings is 8. The highest BCUT2D eigenvalue weighted by Crippen LogP contribution is 2.52. The van der Waals surface area contributed by atoms with E-state index in [2.05, 4.69) is 163 Å². The fraction of sp³-hybridized carbons (Fsp3) is 0.0400. The lowest BCUT2D eigenvalue weighted by Crippen LogP contribution is -2.31. The van der Waals surface area contributed by atoms with E-state index in [4.69, 9.17) is 9.15 Å². The first kappa shape index (κ1) is 29.9. The molecule has 54 heavy (non-hydrogen) atoms. The van der Waals surface area contributed by atoms with E-state index in [0.29, 0.717) is 0 Å². The van der Waals surface area contributed by atoms with Gasteiger partial charge in [0.05, 0.1) is 5.92 Å². The molecule has 254 valence electrons. The Labute approximate surface area is 314 Å². The molecule has 0 N–H and O–H groups in total. The zero-order chi connectivity index (χ0) is 35.3. The fourth-order valence-corrected chi connectivity index (χ4v) is 9.95. The summed E-state index contributed by atoms with van der Waals surface area (Å²) >= 11 is 1.86. The average molecular weight is 710 g/mol. The first-order chi connectivity index (χ1) is 26.7. The van der Waals surface area contributed by atoms with Crippen LogP contribution in [0.1, 0.15) is 17.9 Å². The molecule has 4 heteroatoms. The van der Waals surface area contributed by atoms with Crippen molar-refractivity contribution in [3.8, 4) is 16.9 Å². The van der Waals surface area contributed by atoms with Gasteiger partial charge in [0.1, 0.15) is 22.7 Å². The largest absolute Gasteiger partial charge is 0.460 e. The molecule has 0 radical (unpaired) electrons. The minimum absolute atomic E-state index is 0.203. The molecule has 0 saturated carbocycles. The van der Waals surface area contributed by atoms with Gasteiger partial charge >= 0.3 is 0 Å². The normalized spacial score (nSPS) is 14.7. The predicted octanol–water partition coefficient (Wildman–Crippen LogP) is 12.7. The third-order valence-corrected chi connectivity index (χ3v) is 12.5. The van der Waals surface area contributed by atoms with Gasteiger partial charge < -0.3 is 14.1 Å². The number of ether oxygens (including phenoxy) is 1. The third-order valence-electron chi connectivity index (χ3n) is 11.4. The van der Waals surface area contributed by atoms with Crippen molar-refractivity contribution in [2.75, 3.05) is 4.90 Å². The van der Waals surface area contributed by atoms with Gasteiger partial charge in [-0.3, -0.25) is 0 Å². The van der Waals surface area contributed by atoms with Gasteiger partial charge in [0.2, 0.25) is 0 Å². The Hall–Kier alpha value is -6.62. The Bertz CT molecular complexity index is 3300. The molecule has 1 unspecified atom stereocenters. The van der Waals surface area contributed by atoms with Crippen molar-refractivity contribution in [1.29, 1.82) is 0 Å². The van der Waals surface area contributed by atoms with E-state index in [1.54, 1.807) is 0 Å². The number of anilines is 3. The molecule has 0 fully saturated rings. The molecule has 3 nitrogen and oxygen atoms in total. The molecule has 1 atom stereocenters. The molecule has 12 rings (SSSR count). The third kappa shape index (κ3) is 4.47. The molecule has 0 saturated heterocycles. The van der Waals surface area contributed by atoms with Gasteiger partial charge in [-0.15, -0.1) is 11.3 Å². The fourth-order valence-electron chi connectivity index (χ4n) is 8.84. The second-order valence-corrected chi connectivity index (χ2v) is 15.5. The van der Waals surface area contributed by atoms with E-state index in [1.807, 2.05) is 23.5 Å². The summed E-state index contributed by atoms with van der Waals surface area (Å²) in [5.74, 6) is 2.27. The van der Waals surface area contributed by atoms with E-state index >= 15 is 0 Å². The van der Waals surface area contributed by atoms with Gasteiger partial charge in [-0.1, -0.05) is 97.1 Å². The Morgan fingerprint density at radius 3 is 2.22 bits per heavy atom. The van der Waals surface area contributed by atoms with Crippen LogP contribution in [0.4, 0.5) is 17.1 Å². The maximum atomic E-state index is 6.70. The molecule has 8 aromatic carbocycles.